The number of amides is 1. The average molecular weight is 492 g/mol. The molecule has 11 heteroatoms. The number of fused-ring (bicyclic) bond motifs is 1. The summed E-state index contributed by atoms with van der Waals surface area (Å²) in [6.07, 6.45) is 3.60. The molecule has 3 aromatic heterocycles. The van der Waals surface area contributed by atoms with Gasteiger partial charge >= 0.3 is 6.09 Å². The van der Waals surface area contributed by atoms with Crippen LogP contribution in [0.1, 0.15) is 18.4 Å². The van der Waals surface area contributed by atoms with Crippen LogP contribution in [0.5, 0.6) is 5.75 Å². The van der Waals surface area contributed by atoms with E-state index in [1.165, 1.54) is 17.2 Å². The van der Waals surface area contributed by atoms with Gasteiger partial charge in [0.25, 0.3) is 0 Å². The van der Waals surface area contributed by atoms with Crippen LogP contribution in [0.2, 0.25) is 0 Å². The van der Waals surface area contributed by atoms with Crippen molar-refractivity contribution in [1.29, 1.82) is 0 Å². The van der Waals surface area contributed by atoms with Gasteiger partial charge in [0.15, 0.2) is 5.82 Å². The summed E-state index contributed by atoms with van der Waals surface area (Å²) in [6, 6.07) is 12.3. The summed E-state index contributed by atoms with van der Waals surface area (Å²) in [7, 11) is 1.62. The molecule has 10 nitrogen and oxygen atoms in total. The highest BCUT2D eigenvalue weighted by atomic mass is 19.1. The number of hydrogen-bond donors (Lipinski definition) is 3. The second kappa shape index (κ2) is 10.1. The quantitative estimate of drug-likeness (QED) is 0.354. The molecule has 1 atom stereocenters. The Bertz CT molecular complexity index is 1380. The lowest BCUT2D eigenvalue weighted by atomic mass is 10.1. The molecule has 0 aliphatic carbocycles. The molecule has 3 N–H and O–H groups in total. The maximum atomic E-state index is 14.0. The van der Waals surface area contributed by atoms with Gasteiger partial charge in [0.1, 0.15) is 34.5 Å². The number of ether oxygens (including phenoxy) is 1. The normalized spacial score (nSPS) is 15.6. The van der Waals surface area contributed by atoms with Crippen molar-refractivity contribution in [3.63, 3.8) is 0 Å². The maximum Gasteiger partial charge on any atom is 0.407 e. The second-order valence-corrected chi connectivity index (χ2v) is 8.59. The molecule has 1 aliphatic heterocycles. The lowest BCUT2D eigenvalue weighted by Gasteiger charge is -2.31. The van der Waals surface area contributed by atoms with E-state index >= 15 is 0 Å². The largest absolute Gasteiger partial charge is 0.497 e. The number of piperidine rings is 1. The number of nitrogens with zero attached hydrogens (tertiary/aromatic N) is 5. The predicted molar refractivity (Wildman–Crippen MR) is 133 cm³/mol. The first kappa shape index (κ1) is 23.3. The Balaban J connectivity index is 1.45. The fraction of sp³-hybridized carbons (Fsp3) is 0.280. The first-order valence-corrected chi connectivity index (χ1v) is 11.6. The molecule has 1 unspecified atom stereocenters. The van der Waals surface area contributed by atoms with Crippen LogP contribution in [0.4, 0.5) is 20.8 Å². The number of halogens is 1. The summed E-state index contributed by atoms with van der Waals surface area (Å²) in [5, 5.41) is 16.1. The molecule has 1 fully saturated rings. The third-order valence-corrected chi connectivity index (χ3v) is 6.10. The van der Waals surface area contributed by atoms with Gasteiger partial charge in [0.2, 0.25) is 0 Å². The van der Waals surface area contributed by atoms with Crippen molar-refractivity contribution in [3.05, 3.63) is 66.2 Å². The van der Waals surface area contributed by atoms with E-state index < -0.39 is 11.9 Å². The number of carbonyl (C=O) groups is 1. The van der Waals surface area contributed by atoms with E-state index in [0.29, 0.717) is 48.4 Å². The Hall–Kier alpha value is -4.41. The van der Waals surface area contributed by atoms with Crippen molar-refractivity contribution in [1.82, 2.24) is 24.3 Å². The van der Waals surface area contributed by atoms with Crippen LogP contribution >= 0.6 is 0 Å². The number of aromatic nitrogens is 4. The van der Waals surface area contributed by atoms with Gasteiger partial charge in [-0.05, 0) is 42.7 Å². The predicted octanol–water partition coefficient (Wildman–Crippen LogP) is 4.11. The molecule has 1 saturated heterocycles. The molecule has 4 aromatic rings. The zero-order chi connectivity index (χ0) is 25.1. The minimum atomic E-state index is -0.931. The van der Waals surface area contributed by atoms with Gasteiger partial charge in [-0.2, -0.15) is 0 Å². The third kappa shape index (κ3) is 5.14. The first-order valence-electron chi connectivity index (χ1n) is 11.6. The van der Waals surface area contributed by atoms with E-state index in [0.717, 1.165) is 24.2 Å². The van der Waals surface area contributed by atoms with Gasteiger partial charge in [-0.3, -0.25) is 4.40 Å². The highest BCUT2D eigenvalue weighted by Crippen LogP contribution is 2.24. The van der Waals surface area contributed by atoms with Crippen molar-refractivity contribution in [2.45, 2.75) is 25.4 Å². The summed E-state index contributed by atoms with van der Waals surface area (Å²) in [4.78, 5) is 26.5. The monoisotopic (exact) mass is 491 g/mol. The van der Waals surface area contributed by atoms with Crippen molar-refractivity contribution in [2.75, 3.05) is 30.8 Å². The number of methoxy groups -OCH3 is 1. The van der Waals surface area contributed by atoms with Crippen molar-refractivity contribution in [2.24, 2.45) is 0 Å². The Morgan fingerprint density at radius 2 is 2.00 bits per heavy atom. The summed E-state index contributed by atoms with van der Waals surface area (Å²) in [6.45, 7) is 1.40. The average Bonchev–Trinajstić information content (AvgIpc) is 3.31. The molecule has 1 aliphatic rings. The molecular formula is C25H26FN7O3. The van der Waals surface area contributed by atoms with E-state index in [2.05, 4.69) is 25.6 Å². The van der Waals surface area contributed by atoms with Gasteiger partial charge < -0.3 is 25.4 Å². The molecule has 1 aromatic carbocycles. The number of rotatable bonds is 7. The van der Waals surface area contributed by atoms with Crippen molar-refractivity contribution < 1.29 is 19.0 Å². The number of imidazole rings is 1. The minimum Gasteiger partial charge on any atom is -0.497 e. The number of benzene rings is 1. The van der Waals surface area contributed by atoms with Crippen molar-refractivity contribution >= 4 is 23.4 Å². The van der Waals surface area contributed by atoms with E-state index in [9.17, 15) is 14.3 Å². The minimum absolute atomic E-state index is 0.0910. The molecule has 0 saturated carbocycles. The van der Waals surface area contributed by atoms with Gasteiger partial charge in [-0.25, -0.2) is 24.1 Å². The zero-order valence-corrected chi connectivity index (χ0v) is 19.7. The molecular weight excluding hydrogens is 465 g/mol. The Kier molecular flexibility index (Phi) is 6.52. The smallest absolute Gasteiger partial charge is 0.407 e. The molecule has 0 spiro atoms. The molecule has 5 rings (SSSR count). The topological polar surface area (TPSA) is 117 Å². The Morgan fingerprint density at radius 3 is 2.78 bits per heavy atom. The highest BCUT2D eigenvalue weighted by molar-refractivity contribution is 5.65. The first-order chi connectivity index (χ1) is 17.5. The van der Waals surface area contributed by atoms with Crippen LogP contribution in [-0.4, -0.2) is 61.7 Å². The standard InChI is InChI=1S/C25H26FN7O3/c1-36-19-7-4-16(5-8-19)12-27-21-11-22(29-18-3-2-10-32(15-18)25(34)35)31-24(30-21)20-13-28-23-9-6-17(26)14-33(20)23/h4-9,11,13-14,18H,2-3,10,12,15H2,1H3,(H,34,35)(H2,27,29,30,31). The molecule has 4 heterocycles. The van der Waals surface area contributed by atoms with Crippen LogP contribution in [-0.2, 0) is 6.54 Å². The Morgan fingerprint density at radius 1 is 1.19 bits per heavy atom. The van der Waals surface area contributed by atoms with Crippen LogP contribution < -0.4 is 15.4 Å². The fourth-order valence-corrected chi connectivity index (χ4v) is 4.26. The summed E-state index contributed by atoms with van der Waals surface area (Å²) >= 11 is 0. The van der Waals surface area contributed by atoms with E-state index in [1.807, 2.05) is 24.3 Å². The van der Waals surface area contributed by atoms with E-state index in [4.69, 9.17) is 4.74 Å². The number of pyridine rings is 1. The number of anilines is 2. The van der Waals surface area contributed by atoms with Crippen LogP contribution in [0, 0.1) is 5.82 Å². The molecule has 0 bridgehead atoms. The molecule has 186 valence electrons. The number of nitrogens with one attached hydrogen (secondary N) is 2. The van der Waals surface area contributed by atoms with E-state index in [-0.39, 0.29) is 6.04 Å². The van der Waals surface area contributed by atoms with Gasteiger partial charge in [0, 0.05) is 37.9 Å². The highest BCUT2D eigenvalue weighted by Gasteiger charge is 2.24. The van der Waals surface area contributed by atoms with Crippen molar-refractivity contribution in [3.8, 4) is 17.3 Å². The van der Waals surface area contributed by atoms with Crippen LogP contribution in [0.3, 0.4) is 0 Å². The zero-order valence-electron chi connectivity index (χ0n) is 19.7. The van der Waals surface area contributed by atoms with E-state index in [1.54, 1.807) is 29.8 Å². The number of carboxylic acid groups (broad SMARTS) is 1. The summed E-state index contributed by atoms with van der Waals surface area (Å²) < 4.78 is 20.8. The Labute approximate surface area is 206 Å². The maximum absolute atomic E-state index is 14.0. The SMILES string of the molecule is COc1ccc(CNc2cc(NC3CCCN(C(=O)O)C3)nc(-c3cnc4ccc(F)cn34)n2)cc1. The molecule has 1 amide bonds. The van der Waals surface area contributed by atoms with Gasteiger partial charge in [-0.1, -0.05) is 12.1 Å². The van der Waals surface area contributed by atoms with Gasteiger partial charge in [0.05, 0.1) is 13.3 Å². The van der Waals surface area contributed by atoms with Crippen LogP contribution in [0.25, 0.3) is 17.2 Å². The second-order valence-electron chi connectivity index (χ2n) is 8.59. The fourth-order valence-electron chi connectivity index (χ4n) is 4.26. The molecule has 0 radical (unpaired) electrons. The molecule has 36 heavy (non-hydrogen) atoms. The number of likely N-dealkylation sites (tertiary alicyclic amines) is 1. The third-order valence-electron chi connectivity index (χ3n) is 6.10. The number of hydrogen-bond acceptors (Lipinski definition) is 7. The lowest BCUT2D eigenvalue weighted by Crippen LogP contribution is -2.44. The summed E-state index contributed by atoms with van der Waals surface area (Å²) in [5.74, 6) is 1.85. The lowest BCUT2D eigenvalue weighted by molar-refractivity contribution is 0.133. The van der Waals surface area contributed by atoms with Crippen LogP contribution in [0.15, 0.2) is 54.9 Å². The van der Waals surface area contributed by atoms with Gasteiger partial charge in [-0.15, -0.1) is 0 Å². The summed E-state index contributed by atoms with van der Waals surface area (Å²) in [5.41, 5.74) is 2.15.